The molecule has 1 fully saturated rings. The van der Waals surface area contributed by atoms with Gasteiger partial charge in [-0.25, -0.2) is 4.79 Å². The Morgan fingerprint density at radius 3 is 2.53 bits per heavy atom. The summed E-state index contributed by atoms with van der Waals surface area (Å²) in [5.74, 6) is 0.163. The van der Waals surface area contributed by atoms with Gasteiger partial charge in [-0.3, -0.25) is 14.5 Å². The van der Waals surface area contributed by atoms with Gasteiger partial charge in [0.25, 0.3) is 5.91 Å². The van der Waals surface area contributed by atoms with Crippen molar-refractivity contribution in [3.05, 3.63) is 53.1 Å². The Kier molecular flexibility index (Phi) is 4.85. The minimum Gasteiger partial charge on any atom is -0.486 e. The standard InChI is InChI=1S/C22H23N3O5/c1-13-4-6-16(10-14(13)2)23-19(26)12-25-20(27)22(3,24-21(25)28)15-5-7-17-18(11-15)30-9-8-29-17/h4-7,10-11H,8-9,12H2,1-3H3,(H,23,26)(H,24,28)/t22-/m0/s1. The highest BCUT2D eigenvalue weighted by Gasteiger charge is 2.49. The maximum atomic E-state index is 13.1. The topological polar surface area (TPSA) is 97.0 Å². The Labute approximate surface area is 174 Å². The summed E-state index contributed by atoms with van der Waals surface area (Å²) >= 11 is 0. The summed E-state index contributed by atoms with van der Waals surface area (Å²) in [5.41, 5.74) is 2.02. The molecule has 8 nitrogen and oxygen atoms in total. The molecule has 0 spiro atoms. The lowest BCUT2D eigenvalue weighted by Gasteiger charge is -2.25. The number of carbonyl (C=O) groups is 3. The van der Waals surface area contributed by atoms with Gasteiger partial charge >= 0.3 is 6.03 Å². The van der Waals surface area contributed by atoms with E-state index in [2.05, 4.69) is 10.6 Å². The number of amides is 4. The van der Waals surface area contributed by atoms with Gasteiger partial charge in [0, 0.05) is 5.69 Å². The number of anilines is 1. The van der Waals surface area contributed by atoms with E-state index in [1.165, 1.54) is 0 Å². The Morgan fingerprint density at radius 1 is 1.07 bits per heavy atom. The molecular weight excluding hydrogens is 386 g/mol. The van der Waals surface area contributed by atoms with Gasteiger partial charge in [0.1, 0.15) is 25.3 Å². The highest BCUT2D eigenvalue weighted by atomic mass is 16.6. The van der Waals surface area contributed by atoms with E-state index in [1.807, 2.05) is 26.0 Å². The molecule has 4 rings (SSSR count). The number of benzene rings is 2. The van der Waals surface area contributed by atoms with Crippen molar-refractivity contribution in [3.63, 3.8) is 0 Å². The average molecular weight is 409 g/mol. The molecule has 1 atom stereocenters. The normalized spacial score (nSPS) is 20.2. The molecule has 0 aromatic heterocycles. The molecule has 1 saturated heterocycles. The molecule has 2 aliphatic rings. The first-order chi connectivity index (χ1) is 14.3. The van der Waals surface area contributed by atoms with Crippen LogP contribution in [0.25, 0.3) is 0 Å². The molecule has 2 N–H and O–H groups in total. The largest absolute Gasteiger partial charge is 0.486 e. The van der Waals surface area contributed by atoms with Gasteiger partial charge in [-0.15, -0.1) is 0 Å². The SMILES string of the molecule is Cc1ccc(NC(=O)CN2C(=O)N[C@@](C)(c3ccc4c(c3)OCCO4)C2=O)cc1C. The lowest BCUT2D eigenvalue weighted by atomic mass is 9.91. The zero-order valence-electron chi connectivity index (χ0n) is 17.1. The average Bonchev–Trinajstić information content (AvgIpc) is 2.94. The molecule has 0 bridgehead atoms. The Balaban J connectivity index is 1.50. The third-order valence-electron chi connectivity index (χ3n) is 5.49. The number of rotatable bonds is 4. The molecule has 0 unspecified atom stereocenters. The second-order valence-electron chi connectivity index (χ2n) is 7.65. The quantitative estimate of drug-likeness (QED) is 0.757. The van der Waals surface area contributed by atoms with Crippen LogP contribution < -0.4 is 20.1 Å². The van der Waals surface area contributed by atoms with Crippen molar-refractivity contribution in [2.24, 2.45) is 0 Å². The fourth-order valence-corrected chi connectivity index (χ4v) is 3.55. The third kappa shape index (κ3) is 3.45. The molecule has 2 aromatic carbocycles. The first kappa shape index (κ1) is 19.8. The fourth-order valence-electron chi connectivity index (χ4n) is 3.55. The zero-order valence-corrected chi connectivity index (χ0v) is 17.1. The van der Waals surface area contributed by atoms with Crippen LogP contribution in [0.2, 0.25) is 0 Å². The van der Waals surface area contributed by atoms with Crippen LogP contribution in [-0.4, -0.2) is 42.5 Å². The van der Waals surface area contributed by atoms with Gasteiger partial charge < -0.3 is 20.1 Å². The second-order valence-corrected chi connectivity index (χ2v) is 7.65. The number of aryl methyl sites for hydroxylation is 2. The maximum Gasteiger partial charge on any atom is 0.325 e. The molecule has 30 heavy (non-hydrogen) atoms. The molecule has 156 valence electrons. The van der Waals surface area contributed by atoms with Crippen molar-refractivity contribution < 1.29 is 23.9 Å². The van der Waals surface area contributed by atoms with E-state index in [9.17, 15) is 14.4 Å². The smallest absolute Gasteiger partial charge is 0.325 e. The molecule has 8 heteroatoms. The maximum absolute atomic E-state index is 13.1. The van der Waals surface area contributed by atoms with E-state index in [1.54, 1.807) is 31.2 Å². The van der Waals surface area contributed by atoms with Crippen molar-refractivity contribution in [1.29, 1.82) is 0 Å². The van der Waals surface area contributed by atoms with E-state index in [-0.39, 0.29) is 6.54 Å². The summed E-state index contributed by atoms with van der Waals surface area (Å²) in [4.78, 5) is 39.0. The Bertz CT molecular complexity index is 1050. The van der Waals surface area contributed by atoms with Crippen LogP contribution in [0.1, 0.15) is 23.6 Å². The van der Waals surface area contributed by atoms with Crippen LogP contribution in [-0.2, 0) is 15.1 Å². The number of nitrogens with one attached hydrogen (secondary N) is 2. The highest BCUT2D eigenvalue weighted by Crippen LogP contribution is 2.36. The summed E-state index contributed by atoms with van der Waals surface area (Å²) < 4.78 is 11.1. The monoisotopic (exact) mass is 409 g/mol. The molecule has 0 aliphatic carbocycles. The number of carbonyl (C=O) groups excluding carboxylic acids is 3. The minimum atomic E-state index is -1.30. The molecule has 0 saturated carbocycles. The molecule has 2 aliphatic heterocycles. The fraction of sp³-hybridized carbons (Fsp3) is 0.318. The van der Waals surface area contributed by atoms with Crippen LogP contribution >= 0.6 is 0 Å². The van der Waals surface area contributed by atoms with Gasteiger partial charge in [0.05, 0.1) is 0 Å². The van der Waals surface area contributed by atoms with Crippen LogP contribution in [0.4, 0.5) is 10.5 Å². The van der Waals surface area contributed by atoms with Gasteiger partial charge in [-0.1, -0.05) is 12.1 Å². The Hall–Kier alpha value is -3.55. The van der Waals surface area contributed by atoms with Gasteiger partial charge in [0.15, 0.2) is 11.5 Å². The van der Waals surface area contributed by atoms with Crippen LogP contribution in [0.15, 0.2) is 36.4 Å². The summed E-state index contributed by atoms with van der Waals surface area (Å²) in [6.07, 6.45) is 0. The summed E-state index contributed by atoms with van der Waals surface area (Å²) in [6, 6.07) is 10.0. The first-order valence-electron chi connectivity index (χ1n) is 9.69. The number of fused-ring (bicyclic) bond motifs is 1. The number of urea groups is 1. The van der Waals surface area contributed by atoms with Crippen molar-refractivity contribution in [2.45, 2.75) is 26.3 Å². The number of nitrogens with zero attached hydrogens (tertiary/aromatic N) is 1. The highest BCUT2D eigenvalue weighted by molar-refractivity contribution is 6.10. The predicted molar refractivity (Wildman–Crippen MR) is 110 cm³/mol. The molecule has 0 radical (unpaired) electrons. The van der Waals surface area contributed by atoms with E-state index in [0.29, 0.717) is 36.0 Å². The molecular formula is C22H23N3O5. The van der Waals surface area contributed by atoms with Crippen molar-refractivity contribution in [1.82, 2.24) is 10.2 Å². The second kappa shape index (κ2) is 7.37. The lowest BCUT2D eigenvalue weighted by Crippen LogP contribution is -2.42. The third-order valence-corrected chi connectivity index (χ3v) is 5.49. The van der Waals surface area contributed by atoms with Crippen molar-refractivity contribution in [2.75, 3.05) is 25.1 Å². The Morgan fingerprint density at radius 2 is 1.80 bits per heavy atom. The van der Waals surface area contributed by atoms with Crippen molar-refractivity contribution in [3.8, 4) is 11.5 Å². The van der Waals surface area contributed by atoms with E-state index >= 15 is 0 Å². The number of hydrogen-bond donors (Lipinski definition) is 2. The molecule has 2 aromatic rings. The summed E-state index contributed by atoms with van der Waals surface area (Å²) in [5, 5.41) is 5.44. The van der Waals surface area contributed by atoms with Crippen LogP contribution in [0.5, 0.6) is 11.5 Å². The van der Waals surface area contributed by atoms with E-state index in [0.717, 1.165) is 16.0 Å². The summed E-state index contributed by atoms with van der Waals surface area (Å²) in [7, 11) is 0. The zero-order chi connectivity index (χ0) is 21.5. The molecule has 2 heterocycles. The van der Waals surface area contributed by atoms with Crippen LogP contribution in [0.3, 0.4) is 0 Å². The van der Waals surface area contributed by atoms with E-state index < -0.39 is 23.4 Å². The minimum absolute atomic E-state index is 0.377. The predicted octanol–water partition coefficient (Wildman–Crippen LogP) is 2.48. The number of ether oxygens (including phenoxy) is 2. The lowest BCUT2D eigenvalue weighted by molar-refractivity contribution is -0.133. The summed E-state index contributed by atoms with van der Waals surface area (Å²) in [6.45, 7) is 6.03. The molecule has 4 amide bonds. The van der Waals surface area contributed by atoms with Crippen molar-refractivity contribution >= 4 is 23.5 Å². The van der Waals surface area contributed by atoms with Gasteiger partial charge in [0.2, 0.25) is 5.91 Å². The van der Waals surface area contributed by atoms with E-state index in [4.69, 9.17) is 9.47 Å². The number of imide groups is 1. The number of hydrogen-bond acceptors (Lipinski definition) is 5. The first-order valence-corrected chi connectivity index (χ1v) is 9.69. The van der Waals surface area contributed by atoms with Gasteiger partial charge in [-0.05, 0) is 61.7 Å². The van der Waals surface area contributed by atoms with Gasteiger partial charge in [-0.2, -0.15) is 0 Å². The van der Waals surface area contributed by atoms with Crippen LogP contribution in [0, 0.1) is 13.8 Å².